The summed E-state index contributed by atoms with van der Waals surface area (Å²) in [6.45, 7) is 7.68. The lowest BCUT2D eigenvalue weighted by Gasteiger charge is -2.19. The van der Waals surface area contributed by atoms with E-state index in [9.17, 15) is 9.59 Å². The van der Waals surface area contributed by atoms with Crippen LogP contribution in [0.15, 0.2) is 20.5 Å². The molecule has 9 heteroatoms. The molecule has 0 aliphatic rings. The van der Waals surface area contributed by atoms with Crippen molar-refractivity contribution in [3.63, 3.8) is 0 Å². The summed E-state index contributed by atoms with van der Waals surface area (Å²) >= 11 is 1.21. The van der Waals surface area contributed by atoms with Gasteiger partial charge in [-0.15, -0.1) is 0 Å². The normalized spacial score (nSPS) is 12.4. The first-order valence-electron chi connectivity index (χ1n) is 7.58. The molecule has 0 aromatic carbocycles. The molecular formula is C15H21N5O3S. The van der Waals surface area contributed by atoms with Gasteiger partial charge in [-0.1, -0.05) is 30.8 Å². The highest BCUT2D eigenvalue weighted by molar-refractivity contribution is 8.00. The first kappa shape index (κ1) is 18.2. The first-order chi connectivity index (χ1) is 11.3. The monoisotopic (exact) mass is 351 g/mol. The van der Waals surface area contributed by atoms with Crippen LogP contribution in [-0.4, -0.2) is 43.2 Å². The number of nitrogens with one attached hydrogen (secondary N) is 1. The van der Waals surface area contributed by atoms with E-state index in [4.69, 9.17) is 4.52 Å². The maximum absolute atomic E-state index is 12.5. The molecule has 2 rings (SSSR count). The molecule has 2 heterocycles. The van der Waals surface area contributed by atoms with Crippen LogP contribution in [0.4, 0.5) is 0 Å². The van der Waals surface area contributed by atoms with E-state index in [2.05, 4.69) is 20.1 Å². The van der Waals surface area contributed by atoms with Crippen molar-refractivity contribution < 1.29 is 9.32 Å². The number of hydrogen-bond donors (Lipinski definition) is 1. The van der Waals surface area contributed by atoms with Crippen molar-refractivity contribution in [2.75, 3.05) is 7.05 Å². The van der Waals surface area contributed by atoms with Gasteiger partial charge in [-0.05, 0) is 13.8 Å². The number of aromatic nitrogens is 4. The third-order valence-electron chi connectivity index (χ3n) is 3.22. The average molecular weight is 351 g/mol. The Morgan fingerprint density at radius 1 is 1.38 bits per heavy atom. The molecule has 1 N–H and O–H groups in total. The number of carbonyl (C=O) groups excluding carboxylic acids is 1. The second-order valence-electron chi connectivity index (χ2n) is 5.85. The number of aromatic amines is 1. The van der Waals surface area contributed by atoms with E-state index >= 15 is 0 Å². The van der Waals surface area contributed by atoms with Crippen LogP contribution in [0.2, 0.25) is 0 Å². The van der Waals surface area contributed by atoms with Gasteiger partial charge in [0.15, 0.2) is 11.0 Å². The van der Waals surface area contributed by atoms with Gasteiger partial charge in [-0.3, -0.25) is 9.59 Å². The molecule has 0 aliphatic heterocycles. The lowest BCUT2D eigenvalue weighted by atomic mass is 10.2. The SMILES string of the molecule is Cc1cc(=O)[nH]c(S[C@H](C)C(=O)N(C)Cc2noc(C(C)C)n2)n1. The van der Waals surface area contributed by atoms with E-state index in [0.29, 0.717) is 22.6 Å². The zero-order valence-electron chi connectivity index (χ0n) is 14.4. The lowest BCUT2D eigenvalue weighted by molar-refractivity contribution is -0.129. The molecular weight excluding hydrogens is 330 g/mol. The molecule has 0 radical (unpaired) electrons. The predicted molar refractivity (Wildman–Crippen MR) is 89.8 cm³/mol. The minimum atomic E-state index is -0.406. The van der Waals surface area contributed by atoms with E-state index in [-0.39, 0.29) is 23.9 Å². The number of rotatable bonds is 6. The third kappa shape index (κ3) is 4.67. The number of amides is 1. The Labute approximate surface area is 144 Å². The van der Waals surface area contributed by atoms with Crippen molar-refractivity contribution in [1.82, 2.24) is 25.0 Å². The number of hydrogen-bond acceptors (Lipinski definition) is 7. The predicted octanol–water partition coefficient (Wildman–Crippen LogP) is 1.72. The zero-order chi connectivity index (χ0) is 17.9. The Balaban J connectivity index is 1.99. The quantitative estimate of drug-likeness (QED) is 0.624. The van der Waals surface area contributed by atoms with E-state index in [0.717, 1.165) is 0 Å². The van der Waals surface area contributed by atoms with Crippen LogP contribution >= 0.6 is 11.8 Å². The van der Waals surface area contributed by atoms with Gasteiger partial charge < -0.3 is 14.4 Å². The van der Waals surface area contributed by atoms with Crippen molar-refractivity contribution >= 4 is 17.7 Å². The molecule has 130 valence electrons. The number of carbonyl (C=O) groups is 1. The highest BCUT2D eigenvalue weighted by atomic mass is 32.2. The van der Waals surface area contributed by atoms with E-state index in [1.165, 1.54) is 22.7 Å². The van der Waals surface area contributed by atoms with Crippen LogP contribution in [0.5, 0.6) is 0 Å². The molecule has 2 aromatic rings. The van der Waals surface area contributed by atoms with Crippen LogP contribution in [0.25, 0.3) is 0 Å². The Morgan fingerprint density at radius 3 is 2.67 bits per heavy atom. The largest absolute Gasteiger partial charge is 0.339 e. The van der Waals surface area contributed by atoms with Crippen LogP contribution < -0.4 is 5.56 Å². The summed E-state index contributed by atoms with van der Waals surface area (Å²) in [5.74, 6) is 1.05. The summed E-state index contributed by atoms with van der Waals surface area (Å²) in [6, 6.07) is 1.41. The van der Waals surface area contributed by atoms with Gasteiger partial charge in [0.25, 0.3) is 5.56 Å². The molecule has 2 aromatic heterocycles. The van der Waals surface area contributed by atoms with Crippen LogP contribution in [0.1, 0.15) is 44.1 Å². The average Bonchev–Trinajstić information content (AvgIpc) is 2.93. The van der Waals surface area contributed by atoms with E-state index in [1.807, 2.05) is 13.8 Å². The highest BCUT2D eigenvalue weighted by Crippen LogP contribution is 2.20. The van der Waals surface area contributed by atoms with Crippen LogP contribution in [0, 0.1) is 6.92 Å². The minimum absolute atomic E-state index is 0.111. The third-order valence-corrected chi connectivity index (χ3v) is 4.19. The summed E-state index contributed by atoms with van der Waals surface area (Å²) < 4.78 is 5.14. The Kier molecular flexibility index (Phi) is 5.76. The molecule has 0 saturated carbocycles. The van der Waals surface area contributed by atoms with Crippen LogP contribution in [0.3, 0.4) is 0 Å². The van der Waals surface area contributed by atoms with Crippen molar-refractivity contribution in [1.29, 1.82) is 0 Å². The highest BCUT2D eigenvalue weighted by Gasteiger charge is 2.22. The van der Waals surface area contributed by atoms with Gasteiger partial charge in [0.1, 0.15) is 0 Å². The smallest absolute Gasteiger partial charge is 0.251 e. The van der Waals surface area contributed by atoms with Crippen LogP contribution in [-0.2, 0) is 11.3 Å². The van der Waals surface area contributed by atoms with Gasteiger partial charge in [-0.2, -0.15) is 4.98 Å². The Hall–Kier alpha value is -2.16. The fourth-order valence-corrected chi connectivity index (χ4v) is 2.96. The zero-order valence-corrected chi connectivity index (χ0v) is 15.2. The summed E-state index contributed by atoms with van der Waals surface area (Å²) in [6.07, 6.45) is 0. The Bertz CT molecular complexity index is 770. The topological polar surface area (TPSA) is 105 Å². The molecule has 1 amide bonds. The van der Waals surface area contributed by atoms with Crippen molar-refractivity contribution in [2.24, 2.45) is 0 Å². The second-order valence-corrected chi connectivity index (χ2v) is 7.18. The number of H-pyrrole nitrogens is 1. The molecule has 0 unspecified atom stereocenters. The van der Waals surface area contributed by atoms with Gasteiger partial charge in [-0.25, -0.2) is 4.98 Å². The summed E-state index contributed by atoms with van der Waals surface area (Å²) in [4.78, 5) is 36.6. The van der Waals surface area contributed by atoms with E-state index < -0.39 is 5.25 Å². The van der Waals surface area contributed by atoms with Gasteiger partial charge >= 0.3 is 0 Å². The molecule has 0 spiro atoms. The molecule has 0 aliphatic carbocycles. The van der Waals surface area contributed by atoms with Gasteiger partial charge in [0.05, 0.1) is 11.8 Å². The van der Waals surface area contributed by atoms with Crippen molar-refractivity contribution in [3.05, 3.63) is 33.8 Å². The molecule has 1 atom stereocenters. The number of aryl methyl sites for hydroxylation is 1. The first-order valence-corrected chi connectivity index (χ1v) is 8.46. The molecule has 0 fully saturated rings. The van der Waals surface area contributed by atoms with Crippen molar-refractivity contribution in [2.45, 2.75) is 50.6 Å². The van der Waals surface area contributed by atoms with E-state index in [1.54, 1.807) is 20.9 Å². The fourth-order valence-electron chi connectivity index (χ4n) is 1.99. The summed E-state index contributed by atoms with van der Waals surface area (Å²) in [5.41, 5.74) is 0.383. The summed E-state index contributed by atoms with van der Waals surface area (Å²) in [5, 5.41) is 3.90. The van der Waals surface area contributed by atoms with Crippen molar-refractivity contribution in [3.8, 4) is 0 Å². The maximum atomic E-state index is 12.5. The maximum Gasteiger partial charge on any atom is 0.251 e. The van der Waals surface area contributed by atoms with Gasteiger partial charge in [0.2, 0.25) is 11.8 Å². The number of nitrogens with zero attached hydrogens (tertiary/aromatic N) is 4. The lowest BCUT2D eigenvalue weighted by Crippen LogP contribution is -2.33. The molecule has 8 nitrogen and oxygen atoms in total. The molecule has 24 heavy (non-hydrogen) atoms. The second kappa shape index (κ2) is 7.61. The Morgan fingerprint density at radius 2 is 2.08 bits per heavy atom. The molecule has 0 bridgehead atoms. The standard InChI is InChI=1S/C15H21N5O3S/c1-8(2)13-17-11(19-23-13)7-20(5)14(22)10(4)24-15-16-9(3)6-12(21)18-15/h6,8,10H,7H2,1-5H3,(H,16,18,21)/t10-/m1/s1. The molecule has 0 saturated heterocycles. The minimum Gasteiger partial charge on any atom is -0.339 e. The van der Waals surface area contributed by atoms with Gasteiger partial charge in [0, 0.05) is 24.7 Å². The fraction of sp³-hybridized carbons (Fsp3) is 0.533. The summed E-state index contributed by atoms with van der Waals surface area (Å²) in [7, 11) is 1.68. The number of thioether (sulfide) groups is 1.